The van der Waals surface area contributed by atoms with Crippen molar-refractivity contribution >= 4 is 17.9 Å². The summed E-state index contributed by atoms with van der Waals surface area (Å²) in [6.07, 6.45) is -5.21. The summed E-state index contributed by atoms with van der Waals surface area (Å²) < 4.78 is 50.5. The maximum absolute atomic E-state index is 13.0. The molecular weight excluding hydrogens is 399 g/mol. The van der Waals surface area contributed by atoms with Crippen LogP contribution in [0.5, 0.6) is 0 Å². The SMILES string of the molecule is CN1C(=O)OC[C@@H]1COCc1nc(C(F)(F)F)ccc1C(=O)Nc1nnnn1C. The van der Waals surface area contributed by atoms with Crippen molar-refractivity contribution in [1.29, 1.82) is 0 Å². The number of anilines is 1. The summed E-state index contributed by atoms with van der Waals surface area (Å²) in [7, 11) is 2.99. The Balaban J connectivity index is 1.77. The summed E-state index contributed by atoms with van der Waals surface area (Å²) in [6.45, 7) is -0.297. The first-order chi connectivity index (χ1) is 13.7. The Morgan fingerprint density at radius 1 is 1.38 bits per heavy atom. The van der Waals surface area contributed by atoms with E-state index in [2.05, 4.69) is 25.8 Å². The van der Waals surface area contributed by atoms with Gasteiger partial charge in [0.15, 0.2) is 0 Å². The number of likely N-dealkylation sites (N-methyl/N-ethyl adjacent to an activating group) is 1. The molecule has 14 heteroatoms. The van der Waals surface area contributed by atoms with Gasteiger partial charge in [0.2, 0.25) is 5.95 Å². The minimum absolute atomic E-state index is 0.00464. The number of tetrazole rings is 1. The zero-order chi connectivity index (χ0) is 21.2. The molecule has 0 spiro atoms. The first-order valence-electron chi connectivity index (χ1n) is 8.25. The Labute approximate surface area is 161 Å². The van der Waals surface area contributed by atoms with Gasteiger partial charge in [0.1, 0.15) is 12.3 Å². The van der Waals surface area contributed by atoms with Crippen molar-refractivity contribution in [2.75, 3.05) is 25.6 Å². The number of rotatable bonds is 6. The number of alkyl halides is 3. The van der Waals surface area contributed by atoms with Crippen molar-refractivity contribution in [2.45, 2.75) is 18.8 Å². The molecule has 3 rings (SSSR count). The Kier molecular flexibility index (Phi) is 5.63. The van der Waals surface area contributed by atoms with Crippen LogP contribution in [0.4, 0.5) is 23.9 Å². The predicted molar refractivity (Wildman–Crippen MR) is 88.5 cm³/mol. The number of aromatic nitrogens is 5. The zero-order valence-electron chi connectivity index (χ0n) is 15.3. The molecular formula is C15H16F3N7O4. The van der Waals surface area contributed by atoms with Crippen LogP contribution in [0.2, 0.25) is 0 Å². The van der Waals surface area contributed by atoms with Crippen LogP contribution in [0.15, 0.2) is 12.1 Å². The largest absolute Gasteiger partial charge is 0.447 e. The molecule has 156 valence electrons. The number of ether oxygens (including phenoxy) is 2. The molecule has 2 aromatic rings. The smallest absolute Gasteiger partial charge is 0.433 e. The van der Waals surface area contributed by atoms with Gasteiger partial charge in [-0.2, -0.15) is 13.2 Å². The van der Waals surface area contributed by atoms with E-state index in [0.717, 1.165) is 6.07 Å². The van der Waals surface area contributed by atoms with E-state index >= 15 is 0 Å². The minimum Gasteiger partial charge on any atom is -0.447 e. The quantitative estimate of drug-likeness (QED) is 0.736. The van der Waals surface area contributed by atoms with Gasteiger partial charge in [-0.3, -0.25) is 10.1 Å². The molecule has 1 atom stereocenters. The molecule has 0 unspecified atom stereocenters. The summed E-state index contributed by atoms with van der Waals surface area (Å²) >= 11 is 0. The fourth-order valence-corrected chi connectivity index (χ4v) is 2.46. The molecule has 1 N–H and O–H groups in total. The lowest BCUT2D eigenvalue weighted by Gasteiger charge is -2.17. The summed E-state index contributed by atoms with van der Waals surface area (Å²) in [6, 6.07) is 1.31. The van der Waals surface area contributed by atoms with Crippen LogP contribution in [0.1, 0.15) is 21.7 Å². The fraction of sp³-hybridized carbons (Fsp3) is 0.467. The van der Waals surface area contributed by atoms with Crippen molar-refractivity contribution in [3.8, 4) is 0 Å². The van der Waals surface area contributed by atoms with Gasteiger partial charge in [-0.15, -0.1) is 0 Å². The first kappa shape index (κ1) is 20.4. The van der Waals surface area contributed by atoms with E-state index in [4.69, 9.17) is 9.47 Å². The molecule has 1 aliphatic rings. The lowest BCUT2D eigenvalue weighted by molar-refractivity contribution is -0.141. The second-order valence-electron chi connectivity index (χ2n) is 6.13. The molecule has 0 aliphatic carbocycles. The molecule has 3 heterocycles. The van der Waals surface area contributed by atoms with E-state index in [1.54, 1.807) is 0 Å². The highest BCUT2D eigenvalue weighted by molar-refractivity contribution is 6.04. The van der Waals surface area contributed by atoms with E-state index < -0.39 is 29.9 Å². The molecule has 0 aromatic carbocycles. The number of nitrogens with zero attached hydrogens (tertiary/aromatic N) is 6. The highest BCUT2D eigenvalue weighted by atomic mass is 19.4. The Morgan fingerprint density at radius 2 is 2.14 bits per heavy atom. The van der Waals surface area contributed by atoms with Gasteiger partial charge < -0.3 is 14.4 Å². The number of pyridine rings is 1. The van der Waals surface area contributed by atoms with Crippen molar-refractivity contribution in [1.82, 2.24) is 30.1 Å². The topological polar surface area (TPSA) is 124 Å². The minimum atomic E-state index is -4.69. The van der Waals surface area contributed by atoms with Gasteiger partial charge in [-0.25, -0.2) is 14.5 Å². The maximum atomic E-state index is 13.0. The van der Waals surface area contributed by atoms with Crippen LogP contribution in [0, 0.1) is 0 Å². The highest BCUT2D eigenvalue weighted by Crippen LogP contribution is 2.28. The number of carbonyl (C=O) groups excluding carboxylic acids is 2. The van der Waals surface area contributed by atoms with Crippen molar-refractivity contribution in [3.63, 3.8) is 0 Å². The van der Waals surface area contributed by atoms with Crippen LogP contribution >= 0.6 is 0 Å². The maximum Gasteiger partial charge on any atom is 0.433 e. The molecule has 0 bridgehead atoms. The molecule has 0 radical (unpaired) electrons. The van der Waals surface area contributed by atoms with Crippen LogP contribution in [0.3, 0.4) is 0 Å². The van der Waals surface area contributed by atoms with Crippen molar-refractivity contribution < 1.29 is 32.2 Å². The number of nitrogens with one attached hydrogen (secondary N) is 1. The molecule has 0 saturated carbocycles. The summed E-state index contributed by atoms with van der Waals surface area (Å²) in [4.78, 5) is 28.7. The third-order valence-electron chi connectivity index (χ3n) is 4.14. The van der Waals surface area contributed by atoms with Gasteiger partial charge >= 0.3 is 12.3 Å². The normalized spacial score (nSPS) is 16.8. The molecule has 11 nitrogen and oxygen atoms in total. The number of halogens is 3. The Bertz CT molecular complexity index is 918. The van der Waals surface area contributed by atoms with Crippen LogP contribution < -0.4 is 5.32 Å². The van der Waals surface area contributed by atoms with Crippen molar-refractivity contribution in [2.24, 2.45) is 7.05 Å². The van der Waals surface area contributed by atoms with Gasteiger partial charge in [0.05, 0.1) is 30.5 Å². The van der Waals surface area contributed by atoms with Crippen LogP contribution in [0.25, 0.3) is 0 Å². The lowest BCUT2D eigenvalue weighted by Crippen LogP contribution is -2.33. The molecule has 1 saturated heterocycles. The zero-order valence-corrected chi connectivity index (χ0v) is 15.3. The Morgan fingerprint density at radius 3 is 2.72 bits per heavy atom. The molecule has 2 amide bonds. The summed E-state index contributed by atoms with van der Waals surface area (Å²) in [5, 5.41) is 12.9. The number of aryl methyl sites for hydroxylation is 1. The van der Waals surface area contributed by atoms with E-state index in [-0.39, 0.29) is 37.0 Å². The average Bonchev–Trinajstić information content (AvgIpc) is 3.20. The third-order valence-corrected chi connectivity index (χ3v) is 4.14. The molecule has 1 aliphatic heterocycles. The van der Waals surface area contributed by atoms with Crippen LogP contribution in [-0.2, 0) is 29.3 Å². The predicted octanol–water partition coefficient (Wildman–Crippen LogP) is 0.843. The Hall–Kier alpha value is -3.29. The molecule has 29 heavy (non-hydrogen) atoms. The number of carbonyl (C=O) groups is 2. The standard InChI is InChI=1S/C15H16F3N7O4/c1-24-8(6-29-14(24)27)5-28-7-10-9(3-4-11(19-10)15(16,17)18)12(26)20-13-21-22-23-25(13)2/h3-4,8H,5-7H2,1-2H3,(H,20,21,23,26)/t8-/m0/s1. The third kappa shape index (κ3) is 4.59. The fourth-order valence-electron chi connectivity index (χ4n) is 2.46. The molecule has 2 aromatic heterocycles. The number of hydrogen-bond donors (Lipinski definition) is 1. The van der Waals surface area contributed by atoms with Gasteiger partial charge in [0.25, 0.3) is 5.91 Å². The highest BCUT2D eigenvalue weighted by Gasteiger charge is 2.34. The van der Waals surface area contributed by atoms with E-state index in [0.29, 0.717) is 6.07 Å². The van der Waals surface area contributed by atoms with E-state index in [9.17, 15) is 22.8 Å². The monoisotopic (exact) mass is 415 g/mol. The molecule has 1 fully saturated rings. The lowest BCUT2D eigenvalue weighted by atomic mass is 10.1. The second kappa shape index (κ2) is 7.98. The number of hydrogen-bond acceptors (Lipinski definition) is 8. The summed E-state index contributed by atoms with van der Waals surface area (Å²) in [5.41, 5.74) is -1.52. The second-order valence-corrected chi connectivity index (χ2v) is 6.13. The van der Waals surface area contributed by atoms with Gasteiger partial charge in [0, 0.05) is 14.1 Å². The number of cyclic esters (lactones) is 1. The van der Waals surface area contributed by atoms with E-state index in [1.807, 2.05) is 0 Å². The number of amides is 2. The van der Waals surface area contributed by atoms with Gasteiger partial charge in [-0.05, 0) is 22.6 Å². The van der Waals surface area contributed by atoms with Gasteiger partial charge in [-0.1, -0.05) is 5.10 Å². The van der Waals surface area contributed by atoms with E-state index in [1.165, 1.54) is 23.7 Å². The summed E-state index contributed by atoms with van der Waals surface area (Å²) in [5.74, 6) is -0.746. The first-order valence-corrected chi connectivity index (χ1v) is 8.25. The average molecular weight is 415 g/mol. The van der Waals surface area contributed by atoms with Crippen molar-refractivity contribution in [3.05, 3.63) is 29.1 Å². The van der Waals surface area contributed by atoms with Crippen LogP contribution in [-0.4, -0.2) is 68.4 Å².